The summed E-state index contributed by atoms with van der Waals surface area (Å²) in [7, 11) is 0. The Balaban J connectivity index is 2.49. The molecule has 4 heteroatoms. The molecule has 96 valence electrons. The summed E-state index contributed by atoms with van der Waals surface area (Å²) in [5.41, 5.74) is 1.34. The van der Waals surface area contributed by atoms with Crippen molar-refractivity contribution < 1.29 is 13.2 Å². The van der Waals surface area contributed by atoms with E-state index < -0.39 is 17.0 Å². The summed E-state index contributed by atoms with van der Waals surface area (Å²) >= 11 is 6.26. The van der Waals surface area contributed by atoms with Crippen LogP contribution in [0.1, 0.15) is 33.6 Å². The van der Waals surface area contributed by atoms with Gasteiger partial charge in [-0.05, 0) is 38.5 Å². The van der Waals surface area contributed by atoms with E-state index in [4.69, 9.17) is 16.0 Å². The molecular weight excluding hydrogens is 258 g/mol. The highest BCUT2D eigenvalue weighted by Gasteiger charge is 2.21. The molecule has 0 aliphatic carbocycles. The monoisotopic (exact) mass is 270 g/mol. The fourth-order valence-electron chi connectivity index (χ4n) is 1.94. The summed E-state index contributed by atoms with van der Waals surface area (Å²) in [5.74, 6) is 0.151. The highest BCUT2D eigenvalue weighted by molar-refractivity contribution is 6.22. The maximum Gasteiger partial charge on any atom is 0.131 e. The topological polar surface area (TPSA) is 13.1 Å². The van der Waals surface area contributed by atoms with Crippen LogP contribution in [0.5, 0.6) is 0 Å². The first-order valence-corrected chi connectivity index (χ1v) is 6.00. The van der Waals surface area contributed by atoms with Gasteiger partial charge in [-0.2, -0.15) is 0 Å². The molecule has 1 nitrogen and oxygen atoms in total. The third kappa shape index (κ3) is 2.27. The van der Waals surface area contributed by atoms with Crippen molar-refractivity contribution in [3.05, 3.63) is 58.0 Å². The molecule has 0 amide bonds. The van der Waals surface area contributed by atoms with Gasteiger partial charge in [0.25, 0.3) is 0 Å². The van der Waals surface area contributed by atoms with Crippen LogP contribution in [-0.2, 0) is 0 Å². The van der Waals surface area contributed by atoms with Crippen molar-refractivity contribution in [1.29, 1.82) is 0 Å². The van der Waals surface area contributed by atoms with Crippen LogP contribution in [0.15, 0.2) is 22.6 Å². The number of alkyl halides is 1. The Morgan fingerprint density at radius 2 is 1.67 bits per heavy atom. The second kappa shape index (κ2) is 4.73. The van der Waals surface area contributed by atoms with Gasteiger partial charge in [-0.1, -0.05) is 0 Å². The molecule has 0 radical (unpaired) electrons. The van der Waals surface area contributed by atoms with Crippen molar-refractivity contribution in [2.24, 2.45) is 0 Å². The van der Waals surface area contributed by atoms with Crippen molar-refractivity contribution in [2.75, 3.05) is 0 Å². The Morgan fingerprint density at radius 3 is 2.22 bits per heavy atom. The molecule has 2 aromatic rings. The predicted octanol–water partition coefficient (Wildman–Crippen LogP) is 4.81. The summed E-state index contributed by atoms with van der Waals surface area (Å²) in [6.07, 6.45) is 0. The fraction of sp³-hybridized carbons (Fsp3) is 0.286. The van der Waals surface area contributed by atoms with Gasteiger partial charge in [0.05, 0.1) is 5.38 Å². The van der Waals surface area contributed by atoms with E-state index in [1.807, 2.05) is 0 Å². The minimum absolute atomic E-state index is 0.263. The van der Waals surface area contributed by atoms with Gasteiger partial charge in [0.15, 0.2) is 0 Å². The van der Waals surface area contributed by atoms with Gasteiger partial charge in [-0.3, -0.25) is 0 Å². The summed E-state index contributed by atoms with van der Waals surface area (Å²) in [6, 6.07) is 4.07. The van der Waals surface area contributed by atoms with Crippen molar-refractivity contribution in [1.82, 2.24) is 0 Å². The molecule has 0 fully saturated rings. The molecule has 1 aromatic heterocycles. The smallest absolute Gasteiger partial charge is 0.131 e. The number of hydrogen-bond acceptors (Lipinski definition) is 1. The number of halogens is 3. The van der Waals surface area contributed by atoms with Gasteiger partial charge in [-0.15, -0.1) is 11.6 Å². The molecular formula is C14H13ClF2O. The number of benzene rings is 1. The van der Waals surface area contributed by atoms with Gasteiger partial charge in [-0.25, -0.2) is 8.78 Å². The first-order chi connectivity index (χ1) is 8.40. The Hall–Kier alpha value is -1.35. The molecule has 0 aliphatic rings. The quantitative estimate of drug-likeness (QED) is 0.714. The minimum Gasteiger partial charge on any atom is -0.466 e. The fourth-order valence-corrected chi connectivity index (χ4v) is 2.33. The van der Waals surface area contributed by atoms with Crippen molar-refractivity contribution >= 4 is 11.6 Å². The van der Waals surface area contributed by atoms with Crippen LogP contribution < -0.4 is 0 Å². The molecule has 18 heavy (non-hydrogen) atoms. The molecule has 0 bridgehead atoms. The Bertz CT molecular complexity index is 590. The lowest BCUT2D eigenvalue weighted by molar-refractivity contribution is 0.501. The molecule has 2 rings (SSSR count). The van der Waals surface area contributed by atoms with Crippen LogP contribution in [0.4, 0.5) is 8.78 Å². The molecule has 0 spiro atoms. The van der Waals surface area contributed by atoms with Crippen LogP contribution in [0, 0.1) is 32.4 Å². The summed E-state index contributed by atoms with van der Waals surface area (Å²) < 4.78 is 32.3. The lowest BCUT2D eigenvalue weighted by Crippen LogP contribution is -2.00. The van der Waals surface area contributed by atoms with Crippen molar-refractivity contribution in [3.63, 3.8) is 0 Å². The maximum atomic E-state index is 13.7. The van der Waals surface area contributed by atoms with Crippen molar-refractivity contribution in [2.45, 2.75) is 26.1 Å². The van der Waals surface area contributed by atoms with E-state index in [1.54, 1.807) is 26.8 Å². The zero-order valence-electron chi connectivity index (χ0n) is 10.4. The van der Waals surface area contributed by atoms with Gasteiger partial charge >= 0.3 is 0 Å². The maximum absolute atomic E-state index is 13.7. The van der Waals surface area contributed by atoms with E-state index >= 15 is 0 Å². The van der Waals surface area contributed by atoms with E-state index in [2.05, 4.69) is 0 Å². The zero-order chi connectivity index (χ0) is 13.4. The highest BCUT2D eigenvalue weighted by Crippen LogP contribution is 2.35. The third-order valence-electron chi connectivity index (χ3n) is 2.90. The normalized spacial score (nSPS) is 12.8. The second-order valence-corrected chi connectivity index (χ2v) is 4.79. The average molecular weight is 271 g/mol. The predicted molar refractivity (Wildman–Crippen MR) is 67.0 cm³/mol. The number of rotatable bonds is 2. The lowest BCUT2D eigenvalue weighted by Gasteiger charge is -2.11. The standard InChI is InChI=1S/C14H13ClF2O/c1-7-4-11(13(17)6-12(7)16)14(15)10-5-8(2)18-9(10)3/h4-6,14H,1-3H3. The van der Waals surface area contributed by atoms with E-state index in [9.17, 15) is 8.78 Å². The van der Waals surface area contributed by atoms with E-state index in [1.165, 1.54) is 6.07 Å². The zero-order valence-corrected chi connectivity index (χ0v) is 11.1. The molecule has 1 aromatic carbocycles. The first-order valence-electron chi connectivity index (χ1n) is 5.56. The molecule has 0 saturated heterocycles. The molecule has 1 unspecified atom stereocenters. The van der Waals surface area contributed by atoms with Crippen LogP contribution in [0.25, 0.3) is 0 Å². The molecule has 0 aliphatic heterocycles. The van der Waals surface area contributed by atoms with Gasteiger partial charge in [0, 0.05) is 17.2 Å². The van der Waals surface area contributed by atoms with Gasteiger partial charge in [0.2, 0.25) is 0 Å². The van der Waals surface area contributed by atoms with Crippen LogP contribution >= 0.6 is 11.6 Å². The van der Waals surface area contributed by atoms with Crippen LogP contribution in [0.3, 0.4) is 0 Å². The average Bonchev–Trinajstić information content (AvgIpc) is 2.62. The Morgan fingerprint density at radius 1 is 1.00 bits per heavy atom. The lowest BCUT2D eigenvalue weighted by atomic mass is 10.0. The summed E-state index contributed by atoms with van der Waals surface area (Å²) in [5, 5.41) is -0.679. The van der Waals surface area contributed by atoms with Gasteiger partial charge < -0.3 is 4.42 Å². The first kappa shape index (κ1) is 13.1. The number of hydrogen-bond donors (Lipinski definition) is 0. The minimum atomic E-state index is -0.679. The van der Waals surface area contributed by atoms with E-state index in [0.29, 0.717) is 22.6 Å². The van der Waals surface area contributed by atoms with Crippen molar-refractivity contribution in [3.8, 4) is 0 Å². The number of furan rings is 1. The number of aryl methyl sites for hydroxylation is 3. The van der Waals surface area contributed by atoms with Crippen LogP contribution in [-0.4, -0.2) is 0 Å². The molecule has 0 N–H and O–H groups in total. The SMILES string of the molecule is Cc1cc(C(Cl)c2cc(C)c(F)cc2F)c(C)o1. The molecule has 0 saturated carbocycles. The van der Waals surface area contributed by atoms with Crippen LogP contribution in [0.2, 0.25) is 0 Å². The Labute approximate surface area is 109 Å². The third-order valence-corrected chi connectivity index (χ3v) is 3.37. The Kier molecular flexibility index (Phi) is 3.44. The van der Waals surface area contributed by atoms with Gasteiger partial charge in [0.1, 0.15) is 23.2 Å². The van der Waals surface area contributed by atoms with E-state index in [0.717, 1.165) is 6.07 Å². The molecule has 1 atom stereocenters. The second-order valence-electron chi connectivity index (χ2n) is 4.35. The highest BCUT2D eigenvalue weighted by atomic mass is 35.5. The summed E-state index contributed by atoms with van der Waals surface area (Å²) in [4.78, 5) is 0. The molecule has 1 heterocycles. The van der Waals surface area contributed by atoms with E-state index in [-0.39, 0.29) is 5.56 Å². The largest absolute Gasteiger partial charge is 0.466 e. The summed E-state index contributed by atoms with van der Waals surface area (Å²) in [6.45, 7) is 5.15.